The van der Waals surface area contributed by atoms with Gasteiger partial charge in [-0.25, -0.2) is 4.98 Å². The molecule has 15 heavy (non-hydrogen) atoms. The monoisotopic (exact) mass is 243 g/mol. The topological polar surface area (TPSA) is 12.9 Å². The zero-order chi connectivity index (χ0) is 10.7. The van der Waals surface area contributed by atoms with Crippen molar-refractivity contribution in [3.63, 3.8) is 0 Å². The Kier molecular flexibility index (Phi) is 4.04. The Labute approximate surface area is 101 Å². The first-order chi connectivity index (χ1) is 7.29. The van der Waals surface area contributed by atoms with Crippen LogP contribution in [0.25, 0.3) is 0 Å². The van der Waals surface area contributed by atoms with Crippen molar-refractivity contribution in [3.05, 3.63) is 16.1 Å². The summed E-state index contributed by atoms with van der Waals surface area (Å²) in [6.07, 6.45) is 6.14. The molecule has 0 radical (unpaired) electrons. The van der Waals surface area contributed by atoms with Crippen molar-refractivity contribution in [3.8, 4) is 0 Å². The fourth-order valence-electron chi connectivity index (χ4n) is 2.30. The average Bonchev–Trinajstić information content (AvgIpc) is 2.83. The highest BCUT2D eigenvalue weighted by atomic mass is 35.5. The summed E-state index contributed by atoms with van der Waals surface area (Å²) in [5, 5.41) is 3.58. The van der Waals surface area contributed by atoms with Crippen LogP contribution in [0.5, 0.6) is 0 Å². The number of aromatic nitrogens is 1. The molecule has 1 aliphatic rings. The van der Waals surface area contributed by atoms with E-state index in [1.165, 1.54) is 30.0 Å². The molecule has 1 aromatic rings. The molecule has 1 fully saturated rings. The maximum atomic E-state index is 5.68. The normalized spacial score (nSPS) is 26.0. The molecule has 3 heteroatoms. The summed E-state index contributed by atoms with van der Waals surface area (Å²) >= 11 is 7.53. The van der Waals surface area contributed by atoms with Crippen LogP contribution < -0.4 is 0 Å². The van der Waals surface area contributed by atoms with Gasteiger partial charge in [0.25, 0.3) is 0 Å². The van der Waals surface area contributed by atoms with Crippen molar-refractivity contribution in [1.29, 1.82) is 0 Å². The summed E-state index contributed by atoms with van der Waals surface area (Å²) in [4.78, 5) is 4.72. The molecule has 0 aromatic carbocycles. The fourth-order valence-corrected chi connectivity index (χ4v) is 3.44. The van der Waals surface area contributed by atoms with Gasteiger partial charge >= 0.3 is 0 Å². The van der Waals surface area contributed by atoms with Gasteiger partial charge in [-0.3, -0.25) is 0 Å². The minimum absolute atomic E-state index is 0.743. The molecule has 0 saturated heterocycles. The lowest BCUT2D eigenvalue weighted by atomic mass is 10.1. The molecule has 1 saturated carbocycles. The van der Waals surface area contributed by atoms with Gasteiger partial charge in [0.15, 0.2) is 0 Å². The smallest absolute Gasteiger partial charge is 0.0959 e. The number of hydrogen-bond acceptors (Lipinski definition) is 2. The Hall–Kier alpha value is -0.0800. The van der Waals surface area contributed by atoms with E-state index >= 15 is 0 Å². The van der Waals surface area contributed by atoms with Crippen molar-refractivity contribution in [2.45, 2.75) is 44.9 Å². The van der Waals surface area contributed by atoms with E-state index in [1.807, 2.05) is 11.3 Å². The van der Waals surface area contributed by atoms with E-state index in [-0.39, 0.29) is 0 Å². The molecule has 0 spiro atoms. The van der Waals surface area contributed by atoms with E-state index < -0.39 is 0 Å². The molecular formula is C12H18ClNS. The molecule has 0 bridgehead atoms. The lowest BCUT2D eigenvalue weighted by Crippen LogP contribution is -1.94. The second-order valence-electron chi connectivity index (χ2n) is 4.58. The van der Waals surface area contributed by atoms with Crippen LogP contribution in [0.15, 0.2) is 5.38 Å². The number of thiazole rings is 1. The molecule has 0 amide bonds. The molecular weight excluding hydrogens is 226 g/mol. The number of halogens is 1. The Morgan fingerprint density at radius 1 is 1.53 bits per heavy atom. The van der Waals surface area contributed by atoms with Crippen LogP contribution >= 0.6 is 22.9 Å². The summed E-state index contributed by atoms with van der Waals surface area (Å²) in [6, 6.07) is 0. The molecule has 2 rings (SSSR count). The van der Waals surface area contributed by atoms with Gasteiger partial charge in [0.05, 0.1) is 10.7 Å². The van der Waals surface area contributed by atoms with Crippen LogP contribution in [0, 0.1) is 5.92 Å². The summed E-state index contributed by atoms with van der Waals surface area (Å²) in [6.45, 7) is 2.35. The van der Waals surface area contributed by atoms with Gasteiger partial charge in [-0.1, -0.05) is 13.3 Å². The molecule has 84 valence electrons. The van der Waals surface area contributed by atoms with E-state index in [0.717, 1.165) is 30.6 Å². The molecule has 2 unspecified atom stereocenters. The maximum absolute atomic E-state index is 5.68. The highest BCUT2D eigenvalue weighted by molar-refractivity contribution is 7.09. The fraction of sp³-hybridized carbons (Fsp3) is 0.750. The highest BCUT2D eigenvalue weighted by Gasteiger charge is 2.24. The summed E-state index contributed by atoms with van der Waals surface area (Å²) < 4.78 is 0. The summed E-state index contributed by atoms with van der Waals surface area (Å²) in [5.41, 5.74) is 1.25. The van der Waals surface area contributed by atoms with E-state index in [2.05, 4.69) is 12.3 Å². The average molecular weight is 244 g/mol. The number of rotatable bonds is 4. The number of alkyl halides is 1. The van der Waals surface area contributed by atoms with Gasteiger partial charge in [0, 0.05) is 17.2 Å². The highest BCUT2D eigenvalue weighted by Crippen LogP contribution is 2.39. The van der Waals surface area contributed by atoms with Gasteiger partial charge in [0.2, 0.25) is 0 Å². The van der Waals surface area contributed by atoms with Gasteiger partial charge < -0.3 is 0 Å². The molecule has 1 aliphatic carbocycles. The first-order valence-corrected chi connectivity index (χ1v) is 7.21. The number of aryl methyl sites for hydroxylation is 1. The summed E-state index contributed by atoms with van der Waals surface area (Å²) in [5.74, 6) is 2.38. The SMILES string of the molecule is CC1CCC(c2nc(CCCCl)cs2)C1. The third-order valence-electron chi connectivity index (χ3n) is 3.18. The van der Waals surface area contributed by atoms with Crippen LogP contribution in [-0.2, 0) is 6.42 Å². The van der Waals surface area contributed by atoms with Crippen LogP contribution in [0.2, 0.25) is 0 Å². The van der Waals surface area contributed by atoms with Gasteiger partial charge in [-0.05, 0) is 31.6 Å². The predicted octanol–water partition coefficient (Wildman–Crippen LogP) is 4.22. The Bertz CT molecular complexity index is 310. The predicted molar refractivity (Wildman–Crippen MR) is 66.9 cm³/mol. The minimum atomic E-state index is 0.743. The quantitative estimate of drug-likeness (QED) is 0.722. The van der Waals surface area contributed by atoms with Crippen molar-refractivity contribution < 1.29 is 0 Å². The Morgan fingerprint density at radius 2 is 2.40 bits per heavy atom. The van der Waals surface area contributed by atoms with Crippen molar-refractivity contribution in [2.24, 2.45) is 5.92 Å². The Balaban J connectivity index is 1.94. The van der Waals surface area contributed by atoms with E-state index in [4.69, 9.17) is 16.6 Å². The molecule has 1 aromatic heterocycles. The standard InChI is InChI=1S/C12H18ClNS/c1-9-4-5-10(7-9)12-14-11(8-15-12)3-2-6-13/h8-10H,2-7H2,1H3. The van der Waals surface area contributed by atoms with Gasteiger partial charge in [-0.2, -0.15) is 0 Å². The molecule has 2 atom stereocenters. The lowest BCUT2D eigenvalue weighted by Gasteiger charge is -2.04. The van der Waals surface area contributed by atoms with Crippen LogP contribution in [0.1, 0.15) is 49.2 Å². The second-order valence-corrected chi connectivity index (χ2v) is 5.85. The number of nitrogens with zero attached hydrogens (tertiary/aromatic N) is 1. The largest absolute Gasteiger partial charge is 0.246 e. The third-order valence-corrected chi connectivity index (χ3v) is 4.50. The van der Waals surface area contributed by atoms with Gasteiger partial charge in [-0.15, -0.1) is 22.9 Å². The van der Waals surface area contributed by atoms with E-state index in [9.17, 15) is 0 Å². The maximum Gasteiger partial charge on any atom is 0.0959 e. The van der Waals surface area contributed by atoms with E-state index in [1.54, 1.807) is 0 Å². The third kappa shape index (κ3) is 2.94. The van der Waals surface area contributed by atoms with Crippen molar-refractivity contribution in [1.82, 2.24) is 4.98 Å². The molecule has 1 heterocycles. The van der Waals surface area contributed by atoms with Crippen LogP contribution in [0.3, 0.4) is 0 Å². The first kappa shape index (κ1) is 11.4. The molecule has 0 N–H and O–H groups in total. The van der Waals surface area contributed by atoms with Crippen LogP contribution in [0.4, 0.5) is 0 Å². The van der Waals surface area contributed by atoms with Crippen LogP contribution in [-0.4, -0.2) is 10.9 Å². The van der Waals surface area contributed by atoms with E-state index in [0.29, 0.717) is 0 Å². The second kappa shape index (κ2) is 5.31. The minimum Gasteiger partial charge on any atom is -0.246 e. The van der Waals surface area contributed by atoms with Crippen molar-refractivity contribution >= 4 is 22.9 Å². The lowest BCUT2D eigenvalue weighted by molar-refractivity contribution is 0.595. The zero-order valence-electron chi connectivity index (χ0n) is 9.21. The zero-order valence-corrected chi connectivity index (χ0v) is 10.8. The number of hydrogen-bond donors (Lipinski definition) is 0. The summed E-state index contributed by atoms with van der Waals surface area (Å²) in [7, 11) is 0. The first-order valence-electron chi connectivity index (χ1n) is 5.80. The van der Waals surface area contributed by atoms with Gasteiger partial charge in [0.1, 0.15) is 0 Å². The van der Waals surface area contributed by atoms with Crippen molar-refractivity contribution in [2.75, 3.05) is 5.88 Å². The molecule has 1 nitrogen and oxygen atoms in total. The Morgan fingerprint density at radius 3 is 3.07 bits per heavy atom. The molecule has 0 aliphatic heterocycles.